The molecule has 0 saturated heterocycles. The summed E-state index contributed by atoms with van der Waals surface area (Å²) in [5.74, 6) is 0.557. The third kappa shape index (κ3) is 3.33. The average molecular weight is 309 g/mol. The van der Waals surface area contributed by atoms with Crippen LogP contribution in [-0.4, -0.2) is 25.6 Å². The molecular formula is C15H23N3O2S. The van der Waals surface area contributed by atoms with Crippen molar-refractivity contribution in [3.05, 3.63) is 18.0 Å². The molecule has 3 aliphatic carbocycles. The van der Waals surface area contributed by atoms with Gasteiger partial charge in [0.15, 0.2) is 0 Å². The van der Waals surface area contributed by atoms with Gasteiger partial charge in [-0.15, -0.1) is 0 Å². The lowest BCUT2D eigenvalue weighted by Gasteiger charge is -2.07. The molecule has 0 unspecified atom stereocenters. The molecule has 4 rings (SSSR count). The predicted octanol–water partition coefficient (Wildman–Crippen LogP) is 1.76. The molecule has 5 nitrogen and oxygen atoms in total. The van der Waals surface area contributed by atoms with Gasteiger partial charge in [-0.1, -0.05) is 0 Å². The van der Waals surface area contributed by atoms with Gasteiger partial charge in [-0.3, -0.25) is 0 Å². The first-order valence-electron chi connectivity index (χ1n) is 8.05. The van der Waals surface area contributed by atoms with Crippen molar-refractivity contribution >= 4 is 10.0 Å². The Morgan fingerprint density at radius 2 is 1.90 bits per heavy atom. The smallest absolute Gasteiger partial charge is 0.242 e. The van der Waals surface area contributed by atoms with Crippen LogP contribution in [0.25, 0.3) is 0 Å². The van der Waals surface area contributed by atoms with Crippen molar-refractivity contribution in [3.63, 3.8) is 0 Å². The van der Waals surface area contributed by atoms with Gasteiger partial charge in [-0.25, -0.2) is 13.1 Å². The Balaban J connectivity index is 1.51. The largest absolute Gasteiger partial charge is 0.346 e. The second-order valence-corrected chi connectivity index (χ2v) is 8.52. The van der Waals surface area contributed by atoms with E-state index in [0.29, 0.717) is 29.4 Å². The highest BCUT2D eigenvalue weighted by molar-refractivity contribution is 7.89. The van der Waals surface area contributed by atoms with Crippen LogP contribution in [0.15, 0.2) is 17.2 Å². The van der Waals surface area contributed by atoms with E-state index in [1.807, 2.05) is 12.3 Å². The van der Waals surface area contributed by atoms with Crippen molar-refractivity contribution in [3.8, 4) is 0 Å². The molecule has 0 aromatic carbocycles. The maximum Gasteiger partial charge on any atom is 0.242 e. The minimum absolute atomic E-state index is 0.433. The van der Waals surface area contributed by atoms with E-state index in [2.05, 4.69) is 14.6 Å². The SMILES string of the molecule is O=S(=O)(NCC1CC1)c1cc(CNC2CC2)n(C2CC2)c1. The van der Waals surface area contributed by atoms with E-state index < -0.39 is 10.0 Å². The first kappa shape index (κ1) is 13.8. The molecule has 0 radical (unpaired) electrons. The van der Waals surface area contributed by atoms with Crippen molar-refractivity contribution < 1.29 is 8.42 Å². The van der Waals surface area contributed by atoms with Gasteiger partial charge in [0.25, 0.3) is 0 Å². The number of aromatic nitrogens is 1. The summed E-state index contributed by atoms with van der Waals surface area (Å²) >= 11 is 0. The number of sulfonamides is 1. The van der Waals surface area contributed by atoms with Gasteiger partial charge in [0.05, 0.1) is 4.90 Å². The standard InChI is InChI=1S/C15H23N3O2S/c19-21(20,17-8-11-1-2-11)15-7-14(9-16-12-3-4-12)18(10-15)13-5-6-13/h7,10-13,16-17H,1-6,8-9H2. The molecule has 0 spiro atoms. The maximum atomic E-state index is 12.4. The zero-order valence-electron chi connectivity index (χ0n) is 12.2. The summed E-state index contributed by atoms with van der Waals surface area (Å²) in [6.45, 7) is 1.37. The lowest BCUT2D eigenvalue weighted by atomic mass is 10.4. The first-order valence-corrected chi connectivity index (χ1v) is 9.54. The maximum absolute atomic E-state index is 12.4. The Kier molecular flexibility index (Phi) is 3.35. The molecule has 116 valence electrons. The van der Waals surface area contributed by atoms with Gasteiger partial charge in [0.1, 0.15) is 0 Å². The van der Waals surface area contributed by atoms with E-state index in [-0.39, 0.29) is 0 Å². The van der Waals surface area contributed by atoms with Crippen molar-refractivity contribution in [2.75, 3.05) is 6.54 Å². The number of nitrogens with one attached hydrogen (secondary N) is 2. The van der Waals surface area contributed by atoms with Crippen molar-refractivity contribution in [2.24, 2.45) is 5.92 Å². The van der Waals surface area contributed by atoms with Crippen molar-refractivity contribution in [1.29, 1.82) is 0 Å². The summed E-state index contributed by atoms with van der Waals surface area (Å²) < 4.78 is 29.7. The Morgan fingerprint density at radius 1 is 1.14 bits per heavy atom. The monoisotopic (exact) mass is 309 g/mol. The molecule has 0 bridgehead atoms. The van der Waals surface area contributed by atoms with E-state index in [1.165, 1.54) is 25.7 Å². The Bertz CT molecular complexity index is 625. The Hall–Kier alpha value is -0.850. The van der Waals surface area contributed by atoms with Crippen LogP contribution in [-0.2, 0) is 16.6 Å². The highest BCUT2D eigenvalue weighted by atomic mass is 32.2. The predicted molar refractivity (Wildman–Crippen MR) is 80.5 cm³/mol. The molecule has 3 fully saturated rings. The van der Waals surface area contributed by atoms with E-state index in [9.17, 15) is 8.42 Å². The molecule has 0 aliphatic heterocycles. The second-order valence-electron chi connectivity index (χ2n) is 6.76. The van der Waals surface area contributed by atoms with E-state index in [4.69, 9.17) is 0 Å². The zero-order chi connectivity index (χ0) is 14.4. The number of hydrogen-bond acceptors (Lipinski definition) is 3. The fraction of sp³-hybridized carbons (Fsp3) is 0.733. The second kappa shape index (κ2) is 5.11. The van der Waals surface area contributed by atoms with Gasteiger partial charge in [0, 0.05) is 37.1 Å². The summed E-state index contributed by atoms with van der Waals surface area (Å²) in [6, 6.07) is 3.00. The molecule has 6 heteroatoms. The van der Waals surface area contributed by atoms with E-state index in [1.54, 1.807) is 0 Å². The molecular weight excluding hydrogens is 286 g/mol. The third-order valence-electron chi connectivity index (χ3n) is 4.57. The van der Waals surface area contributed by atoms with Crippen LogP contribution in [0.4, 0.5) is 0 Å². The molecule has 1 heterocycles. The number of rotatable bonds is 8. The van der Waals surface area contributed by atoms with E-state index in [0.717, 1.165) is 25.1 Å². The Labute approximate surface area is 126 Å². The zero-order valence-corrected chi connectivity index (χ0v) is 13.0. The molecule has 0 amide bonds. The fourth-order valence-electron chi connectivity index (χ4n) is 2.65. The van der Waals surface area contributed by atoms with Crippen molar-refractivity contribution in [2.45, 2.75) is 62.0 Å². The molecule has 2 N–H and O–H groups in total. The van der Waals surface area contributed by atoms with Gasteiger partial charge >= 0.3 is 0 Å². The molecule has 1 aromatic heterocycles. The van der Waals surface area contributed by atoms with Crippen LogP contribution in [0.5, 0.6) is 0 Å². The minimum Gasteiger partial charge on any atom is -0.346 e. The van der Waals surface area contributed by atoms with Gasteiger partial charge in [0.2, 0.25) is 10.0 Å². The summed E-state index contributed by atoms with van der Waals surface area (Å²) in [4.78, 5) is 0.433. The number of hydrogen-bond donors (Lipinski definition) is 2. The summed E-state index contributed by atoms with van der Waals surface area (Å²) in [5.41, 5.74) is 1.11. The summed E-state index contributed by atoms with van der Waals surface area (Å²) in [5, 5.41) is 3.48. The Morgan fingerprint density at radius 3 is 2.52 bits per heavy atom. The minimum atomic E-state index is -3.34. The van der Waals surface area contributed by atoms with Crippen LogP contribution < -0.4 is 10.0 Å². The molecule has 1 aromatic rings. The van der Waals surface area contributed by atoms with Gasteiger partial charge in [-0.2, -0.15) is 0 Å². The van der Waals surface area contributed by atoms with Crippen LogP contribution in [0.2, 0.25) is 0 Å². The normalized spacial score (nSPS) is 22.7. The third-order valence-corrected chi connectivity index (χ3v) is 5.96. The molecule has 0 atom stereocenters. The van der Waals surface area contributed by atoms with Crippen LogP contribution in [0, 0.1) is 5.92 Å². The van der Waals surface area contributed by atoms with Crippen LogP contribution >= 0.6 is 0 Å². The summed E-state index contributed by atoms with van der Waals surface area (Å²) in [6.07, 6.45) is 8.97. The number of nitrogens with zero attached hydrogens (tertiary/aromatic N) is 1. The highest BCUT2D eigenvalue weighted by Crippen LogP contribution is 2.37. The topological polar surface area (TPSA) is 63.1 Å². The van der Waals surface area contributed by atoms with Crippen molar-refractivity contribution in [1.82, 2.24) is 14.6 Å². The molecule has 3 saturated carbocycles. The summed E-state index contributed by atoms with van der Waals surface area (Å²) in [7, 11) is -3.34. The quantitative estimate of drug-likeness (QED) is 0.769. The lowest BCUT2D eigenvalue weighted by molar-refractivity contribution is 0.577. The highest BCUT2D eigenvalue weighted by Gasteiger charge is 2.30. The average Bonchev–Trinajstić information content (AvgIpc) is 3.32. The molecule has 21 heavy (non-hydrogen) atoms. The van der Waals surface area contributed by atoms with Gasteiger partial charge < -0.3 is 9.88 Å². The fourth-order valence-corrected chi connectivity index (χ4v) is 3.81. The van der Waals surface area contributed by atoms with Crippen LogP contribution in [0.3, 0.4) is 0 Å². The molecule has 3 aliphatic rings. The lowest BCUT2D eigenvalue weighted by Crippen LogP contribution is -2.25. The van der Waals surface area contributed by atoms with E-state index >= 15 is 0 Å². The van der Waals surface area contributed by atoms with Gasteiger partial charge in [-0.05, 0) is 50.5 Å². The van der Waals surface area contributed by atoms with Crippen LogP contribution in [0.1, 0.15) is 50.3 Å². The first-order chi connectivity index (χ1) is 10.1.